The number of fused-ring (bicyclic) bond motifs is 1. The van der Waals surface area contributed by atoms with Crippen molar-refractivity contribution in [3.63, 3.8) is 0 Å². The van der Waals surface area contributed by atoms with Gasteiger partial charge >= 0.3 is 0 Å². The van der Waals surface area contributed by atoms with Gasteiger partial charge in [0.25, 0.3) is 11.6 Å². The summed E-state index contributed by atoms with van der Waals surface area (Å²) in [5, 5.41) is 4.62. The first-order chi connectivity index (χ1) is 13.5. The first kappa shape index (κ1) is 20.0. The molecule has 0 aromatic carbocycles. The summed E-state index contributed by atoms with van der Waals surface area (Å²) in [6, 6.07) is 3.67. The fraction of sp³-hybridized carbons (Fsp3) is 0.450. The molecular weight excluding hydrogens is 362 g/mol. The van der Waals surface area contributed by atoms with Crippen molar-refractivity contribution in [3.05, 3.63) is 34.9 Å². The highest BCUT2D eigenvalue weighted by Gasteiger charge is 2.24. The first-order valence-corrected chi connectivity index (χ1v) is 9.07. The zero-order valence-electron chi connectivity index (χ0n) is 16.9. The van der Waals surface area contributed by atoms with Gasteiger partial charge in [0.05, 0.1) is 35.6 Å². The number of hydrogen-bond acceptors (Lipinski definition) is 7. The van der Waals surface area contributed by atoms with E-state index in [1.807, 2.05) is 19.9 Å². The van der Waals surface area contributed by atoms with Crippen LogP contribution in [0.2, 0.25) is 0 Å². The predicted octanol–water partition coefficient (Wildman–Crippen LogP) is 3.14. The molecule has 3 rings (SSSR count). The number of ether oxygens (including phenoxy) is 2. The molecule has 0 bridgehead atoms. The summed E-state index contributed by atoms with van der Waals surface area (Å²) < 4.78 is 21.3. The van der Waals surface area contributed by atoms with Crippen LogP contribution in [0.15, 0.2) is 21.1 Å². The van der Waals surface area contributed by atoms with Crippen LogP contribution >= 0.6 is 0 Å². The van der Waals surface area contributed by atoms with Gasteiger partial charge in [0.15, 0.2) is 0 Å². The van der Waals surface area contributed by atoms with E-state index in [9.17, 15) is 4.79 Å². The Morgan fingerprint density at radius 2 is 1.79 bits per heavy atom. The van der Waals surface area contributed by atoms with Crippen molar-refractivity contribution >= 4 is 17.0 Å². The molecule has 0 atom stereocenters. The molecule has 3 aromatic rings. The monoisotopic (exact) mass is 387 g/mol. The highest BCUT2D eigenvalue weighted by molar-refractivity contribution is 6.07. The minimum atomic E-state index is -0.146. The number of hydrogen-bond donors (Lipinski definition) is 0. The Kier molecular flexibility index (Phi) is 6.11. The zero-order chi connectivity index (χ0) is 20.3. The van der Waals surface area contributed by atoms with E-state index in [-0.39, 0.29) is 5.91 Å². The third kappa shape index (κ3) is 3.93. The highest BCUT2D eigenvalue weighted by atomic mass is 16.5. The predicted molar refractivity (Wildman–Crippen MR) is 103 cm³/mol. The third-order valence-corrected chi connectivity index (χ3v) is 4.58. The molecule has 8 heteroatoms. The van der Waals surface area contributed by atoms with Crippen molar-refractivity contribution in [1.82, 2.24) is 15.0 Å². The van der Waals surface area contributed by atoms with Crippen LogP contribution in [0.25, 0.3) is 22.4 Å². The Morgan fingerprint density at radius 3 is 2.36 bits per heavy atom. The Labute approximate surface area is 163 Å². The van der Waals surface area contributed by atoms with Gasteiger partial charge in [0.1, 0.15) is 11.5 Å². The second-order valence-electron chi connectivity index (χ2n) is 6.61. The number of furan rings is 1. The fourth-order valence-electron chi connectivity index (χ4n) is 3.17. The van der Waals surface area contributed by atoms with Gasteiger partial charge in [-0.3, -0.25) is 4.79 Å². The summed E-state index contributed by atoms with van der Waals surface area (Å²) in [6.07, 6.45) is 0. The van der Waals surface area contributed by atoms with Gasteiger partial charge in [-0.15, -0.1) is 0 Å². The molecule has 0 spiro atoms. The summed E-state index contributed by atoms with van der Waals surface area (Å²) in [5.74, 6) is 1.36. The van der Waals surface area contributed by atoms with Gasteiger partial charge in [-0.2, -0.15) is 0 Å². The number of aryl methyl sites for hydroxylation is 3. The first-order valence-electron chi connectivity index (χ1n) is 9.07. The summed E-state index contributed by atoms with van der Waals surface area (Å²) in [4.78, 5) is 19.6. The van der Waals surface area contributed by atoms with E-state index < -0.39 is 0 Å². The van der Waals surface area contributed by atoms with E-state index in [4.69, 9.17) is 18.4 Å². The second-order valence-corrected chi connectivity index (χ2v) is 6.61. The van der Waals surface area contributed by atoms with Crippen LogP contribution in [-0.2, 0) is 9.47 Å². The van der Waals surface area contributed by atoms with E-state index in [0.29, 0.717) is 54.4 Å². The zero-order valence-corrected chi connectivity index (χ0v) is 16.9. The van der Waals surface area contributed by atoms with Crippen LogP contribution in [0, 0.1) is 20.8 Å². The van der Waals surface area contributed by atoms with Crippen molar-refractivity contribution in [2.75, 3.05) is 40.5 Å². The number of methoxy groups -OCH3 is 2. The van der Waals surface area contributed by atoms with Gasteiger partial charge in [-0.25, -0.2) is 4.98 Å². The minimum absolute atomic E-state index is 0.146. The number of carbonyl (C=O) groups excluding carboxylic acids is 1. The molecule has 3 heterocycles. The number of amides is 1. The average molecular weight is 387 g/mol. The molecule has 0 fully saturated rings. The maximum Gasteiger partial charge on any atom is 0.259 e. The SMILES string of the molecule is COCCN(CCOC)C(=O)c1cc(-c2cc(C)oc2C)nc2onc(C)c12. The average Bonchev–Trinajstić information content (AvgIpc) is 3.22. The molecule has 1 amide bonds. The molecule has 150 valence electrons. The number of nitrogens with zero attached hydrogens (tertiary/aromatic N) is 3. The molecule has 0 aliphatic carbocycles. The topological polar surface area (TPSA) is 90.8 Å². The smallest absolute Gasteiger partial charge is 0.259 e. The van der Waals surface area contributed by atoms with Crippen LogP contribution in [-0.4, -0.2) is 61.5 Å². The van der Waals surface area contributed by atoms with Crippen molar-refractivity contribution in [3.8, 4) is 11.3 Å². The van der Waals surface area contributed by atoms with Crippen LogP contribution in [0.4, 0.5) is 0 Å². The van der Waals surface area contributed by atoms with Crippen molar-refractivity contribution < 1.29 is 23.2 Å². The minimum Gasteiger partial charge on any atom is -0.466 e. The molecule has 0 radical (unpaired) electrons. The normalized spacial score (nSPS) is 11.3. The molecule has 28 heavy (non-hydrogen) atoms. The van der Waals surface area contributed by atoms with Crippen LogP contribution in [0.5, 0.6) is 0 Å². The summed E-state index contributed by atoms with van der Waals surface area (Å²) >= 11 is 0. The highest BCUT2D eigenvalue weighted by Crippen LogP contribution is 2.31. The molecule has 3 aromatic heterocycles. The lowest BCUT2D eigenvalue weighted by molar-refractivity contribution is 0.0629. The molecule has 0 aliphatic rings. The Hall–Kier alpha value is -2.71. The van der Waals surface area contributed by atoms with Crippen LogP contribution in [0.3, 0.4) is 0 Å². The van der Waals surface area contributed by atoms with E-state index in [0.717, 1.165) is 17.1 Å². The molecule has 0 saturated carbocycles. The lowest BCUT2D eigenvalue weighted by Gasteiger charge is -2.22. The Morgan fingerprint density at radius 1 is 1.11 bits per heavy atom. The van der Waals surface area contributed by atoms with Crippen LogP contribution < -0.4 is 0 Å². The molecule has 0 N–H and O–H groups in total. The fourth-order valence-corrected chi connectivity index (χ4v) is 3.17. The van der Waals surface area contributed by atoms with E-state index in [1.165, 1.54) is 0 Å². The molecule has 8 nitrogen and oxygen atoms in total. The van der Waals surface area contributed by atoms with E-state index in [1.54, 1.807) is 32.1 Å². The summed E-state index contributed by atoms with van der Waals surface area (Å²) in [5.41, 5.74) is 2.87. The standard InChI is InChI=1S/C20H25N3O5/c1-12-10-15(14(3)27-12)17-11-16(18-13(2)22-28-19(18)21-17)20(24)23(6-8-25-4)7-9-26-5/h10-11H,6-9H2,1-5H3. The van der Waals surface area contributed by atoms with E-state index >= 15 is 0 Å². The quantitative estimate of drug-likeness (QED) is 0.586. The lowest BCUT2D eigenvalue weighted by Crippen LogP contribution is -2.36. The van der Waals surface area contributed by atoms with Gasteiger partial charge < -0.3 is 23.3 Å². The number of pyridine rings is 1. The number of carbonyl (C=O) groups is 1. The molecule has 0 aliphatic heterocycles. The molecular formula is C20H25N3O5. The second kappa shape index (κ2) is 8.53. The lowest BCUT2D eigenvalue weighted by atomic mass is 10.0. The Balaban J connectivity index is 2.10. The molecule has 0 saturated heterocycles. The number of aromatic nitrogens is 2. The van der Waals surface area contributed by atoms with Crippen molar-refractivity contribution in [2.24, 2.45) is 0 Å². The Bertz CT molecular complexity index is 968. The van der Waals surface area contributed by atoms with Gasteiger partial charge in [-0.1, -0.05) is 5.16 Å². The maximum absolute atomic E-state index is 13.4. The third-order valence-electron chi connectivity index (χ3n) is 4.58. The van der Waals surface area contributed by atoms with Gasteiger partial charge in [-0.05, 0) is 32.9 Å². The van der Waals surface area contributed by atoms with Gasteiger partial charge in [0.2, 0.25) is 0 Å². The van der Waals surface area contributed by atoms with Crippen molar-refractivity contribution in [1.29, 1.82) is 0 Å². The number of rotatable bonds is 8. The van der Waals surface area contributed by atoms with Crippen LogP contribution in [0.1, 0.15) is 27.6 Å². The van der Waals surface area contributed by atoms with Gasteiger partial charge in [0, 0.05) is 32.9 Å². The van der Waals surface area contributed by atoms with Crippen molar-refractivity contribution in [2.45, 2.75) is 20.8 Å². The van der Waals surface area contributed by atoms with E-state index in [2.05, 4.69) is 10.1 Å². The largest absolute Gasteiger partial charge is 0.466 e. The molecule has 0 unspecified atom stereocenters. The summed E-state index contributed by atoms with van der Waals surface area (Å²) in [7, 11) is 3.21. The summed E-state index contributed by atoms with van der Waals surface area (Å²) in [6.45, 7) is 7.30. The maximum atomic E-state index is 13.4.